The minimum Gasteiger partial charge on any atom is -0.480 e. The van der Waals surface area contributed by atoms with Crippen molar-refractivity contribution in [2.45, 2.75) is 64.5 Å². The number of hydrogen-bond acceptors (Lipinski definition) is 3. The summed E-state index contributed by atoms with van der Waals surface area (Å²) in [4.78, 5) is 38.2. The van der Waals surface area contributed by atoms with Crippen molar-refractivity contribution < 1.29 is 19.5 Å². The third-order valence-corrected chi connectivity index (χ3v) is 6.90. The van der Waals surface area contributed by atoms with Crippen LogP contribution in [0.4, 0.5) is 0 Å². The predicted octanol–water partition coefficient (Wildman–Crippen LogP) is 3.99. The Hall–Kier alpha value is -3.15. The van der Waals surface area contributed by atoms with Crippen molar-refractivity contribution in [3.8, 4) is 0 Å². The molecular formula is C28H36N2O4. The van der Waals surface area contributed by atoms with Gasteiger partial charge in [0.1, 0.15) is 12.1 Å². The highest BCUT2D eigenvalue weighted by Gasteiger charge is 2.32. The monoisotopic (exact) mass is 464 g/mol. The molecule has 6 nitrogen and oxygen atoms in total. The van der Waals surface area contributed by atoms with E-state index in [1.807, 2.05) is 60.7 Å². The van der Waals surface area contributed by atoms with Crippen molar-refractivity contribution >= 4 is 17.8 Å². The zero-order valence-corrected chi connectivity index (χ0v) is 20.1. The normalized spacial score (nSPS) is 19.7. The minimum atomic E-state index is -1.10. The number of carboxylic acids is 1. The lowest BCUT2D eigenvalue weighted by Gasteiger charge is -2.31. The van der Waals surface area contributed by atoms with Gasteiger partial charge < -0.3 is 15.7 Å². The van der Waals surface area contributed by atoms with Crippen molar-refractivity contribution in [3.05, 3.63) is 71.8 Å². The molecule has 2 atom stereocenters. The smallest absolute Gasteiger partial charge is 0.326 e. The summed E-state index contributed by atoms with van der Waals surface area (Å²) in [5.74, 6) is -0.556. The first-order valence-electron chi connectivity index (χ1n) is 12.2. The third-order valence-electron chi connectivity index (χ3n) is 6.90. The summed E-state index contributed by atoms with van der Waals surface area (Å²) in [5.41, 5.74) is 1.72. The topological polar surface area (TPSA) is 95.5 Å². The van der Waals surface area contributed by atoms with Crippen LogP contribution in [-0.2, 0) is 27.2 Å². The Kier molecular flexibility index (Phi) is 9.25. The van der Waals surface area contributed by atoms with Gasteiger partial charge in [-0.05, 0) is 48.6 Å². The highest BCUT2D eigenvalue weighted by Crippen LogP contribution is 2.33. The van der Waals surface area contributed by atoms with Crippen molar-refractivity contribution in [3.63, 3.8) is 0 Å². The average Bonchev–Trinajstić information content (AvgIpc) is 2.84. The second-order valence-electron chi connectivity index (χ2n) is 9.70. The fourth-order valence-electron chi connectivity index (χ4n) is 4.72. The van der Waals surface area contributed by atoms with E-state index in [4.69, 9.17) is 0 Å². The summed E-state index contributed by atoms with van der Waals surface area (Å²) < 4.78 is 0. The Morgan fingerprint density at radius 2 is 1.29 bits per heavy atom. The van der Waals surface area contributed by atoms with E-state index in [1.54, 1.807) is 0 Å². The fourth-order valence-corrected chi connectivity index (χ4v) is 4.72. The van der Waals surface area contributed by atoms with Gasteiger partial charge in [-0.15, -0.1) is 0 Å². The molecule has 1 fully saturated rings. The van der Waals surface area contributed by atoms with Crippen LogP contribution < -0.4 is 10.6 Å². The lowest BCUT2D eigenvalue weighted by molar-refractivity contribution is -0.142. The summed E-state index contributed by atoms with van der Waals surface area (Å²) in [7, 11) is 0. The number of aliphatic carboxylic acids is 1. The van der Waals surface area contributed by atoms with E-state index >= 15 is 0 Å². The Morgan fingerprint density at radius 3 is 1.76 bits per heavy atom. The van der Waals surface area contributed by atoms with Gasteiger partial charge >= 0.3 is 5.97 Å². The minimum absolute atomic E-state index is 0.110. The third kappa shape index (κ3) is 7.44. The van der Waals surface area contributed by atoms with E-state index in [1.165, 1.54) is 0 Å². The molecule has 0 aromatic heterocycles. The lowest BCUT2D eigenvalue weighted by Crippen LogP contribution is -2.54. The first-order valence-corrected chi connectivity index (χ1v) is 12.2. The largest absolute Gasteiger partial charge is 0.480 e. The second kappa shape index (κ2) is 12.4. The van der Waals surface area contributed by atoms with Gasteiger partial charge in [0.25, 0.3) is 0 Å². The van der Waals surface area contributed by atoms with Crippen LogP contribution in [0.2, 0.25) is 0 Å². The van der Waals surface area contributed by atoms with Gasteiger partial charge in [-0.3, -0.25) is 9.59 Å². The summed E-state index contributed by atoms with van der Waals surface area (Å²) >= 11 is 0. The molecule has 0 aliphatic heterocycles. The van der Waals surface area contributed by atoms with Crippen LogP contribution in [0.3, 0.4) is 0 Å². The maximum atomic E-state index is 13.2. The highest BCUT2D eigenvalue weighted by molar-refractivity contribution is 5.91. The van der Waals surface area contributed by atoms with Crippen LogP contribution in [0.25, 0.3) is 0 Å². The summed E-state index contributed by atoms with van der Waals surface area (Å²) in [6.07, 6.45) is 4.15. The van der Waals surface area contributed by atoms with Crippen LogP contribution in [-0.4, -0.2) is 35.0 Å². The molecule has 2 amide bonds. The number of rotatable bonds is 10. The van der Waals surface area contributed by atoms with E-state index in [0.29, 0.717) is 18.3 Å². The number of hydrogen-bond donors (Lipinski definition) is 3. The molecule has 0 heterocycles. The van der Waals surface area contributed by atoms with Crippen molar-refractivity contribution in [2.24, 2.45) is 17.8 Å². The van der Waals surface area contributed by atoms with E-state index in [9.17, 15) is 19.5 Å². The van der Waals surface area contributed by atoms with Crippen LogP contribution in [0.5, 0.6) is 0 Å². The first-order chi connectivity index (χ1) is 16.3. The molecule has 34 heavy (non-hydrogen) atoms. The molecular weight excluding hydrogens is 428 g/mol. The maximum absolute atomic E-state index is 13.2. The molecule has 0 radical (unpaired) electrons. The number of amides is 2. The van der Waals surface area contributed by atoms with Crippen LogP contribution in [0.1, 0.15) is 50.7 Å². The molecule has 1 aliphatic rings. The van der Waals surface area contributed by atoms with Crippen molar-refractivity contribution in [1.29, 1.82) is 0 Å². The van der Waals surface area contributed by atoms with Gasteiger partial charge in [0, 0.05) is 18.8 Å². The quantitative estimate of drug-likeness (QED) is 0.495. The van der Waals surface area contributed by atoms with E-state index < -0.39 is 24.0 Å². The molecule has 182 valence electrons. The molecule has 3 rings (SSSR count). The molecule has 3 N–H and O–H groups in total. The summed E-state index contributed by atoms with van der Waals surface area (Å²) in [6, 6.07) is 16.7. The average molecular weight is 465 g/mol. The first kappa shape index (κ1) is 25.5. The molecule has 0 saturated heterocycles. The van der Waals surface area contributed by atoms with Crippen LogP contribution >= 0.6 is 0 Å². The standard InChI is InChI=1S/C28H36N2O4/c1-19(2)22-13-15-23(16-14-22)26(31)29-24(17-20-9-5-3-6-10-20)27(32)30-25(28(33)34)18-21-11-7-4-8-12-21/h3-12,19,22-25H,13-18H2,1-2H3,(H,29,31)(H,30,32)(H,33,34)/t22?,23?,24-,25-/m1/s1. The van der Waals surface area contributed by atoms with E-state index in [-0.39, 0.29) is 18.2 Å². The number of nitrogens with one attached hydrogen (secondary N) is 2. The van der Waals surface area contributed by atoms with Crippen LogP contribution in [0.15, 0.2) is 60.7 Å². The Labute approximate surface area is 202 Å². The molecule has 0 unspecified atom stereocenters. The van der Waals surface area contributed by atoms with Crippen molar-refractivity contribution in [1.82, 2.24) is 10.6 Å². The van der Waals surface area contributed by atoms with Crippen molar-refractivity contribution in [2.75, 3.05) is 0 Å². The fraction of sp³-hybridized carbons (Fsp3) is 0.464. The summed E-state index contributed by atoms with van der Waals surface area (Å²) in [6.45, 7) is 4.44. The van der Waals surface area contributed by atoms with Gasteiger partial charge in [-0.25, -0.2) is 4.79 Å². The Bertz CT molecular complexity index is 937. The van der Waals surface area contributed by atoms with Gasteiger partial charge in [0.2, 0.25) is 11.8 Å². The molecule has 1 saturated carbocycles. The lowest BCUT2D eigenvalue weighted by atomic mass is 9.76. The Morgan fingerprint density at radius 1 is 0.794 bits per heavy atom. The number of carbonyl (C=O) groups excluding carboxylic acids is 2. The Balaban J connectivity index is 1.69. The zero-order chi connectivity index (χ0) is 24.5. The van der Waals surface area contributed by atoms with Gasteiger partial charge in [-0.1, -0.05) is 74.5 Å². The van der Waals surface area contributed by atoms with E-state index in [2.05, 4.69) is 24.5 Å². The molecule has 1 aliphatic carbocycles. The second-order valence-corrected chi connectivity index (χ2v) is 9.70. The molecule has 0 bridgehead atoms. The number of carboxylic acid groups (broad SMARTS) is 1. The number of benzene rings is 2. The van der Waals surface area contributed by atoms with Gasteiger partial charge in [-0.2, -0.15) is 0 Å². The molecule has 2 aromatic rings. The van der Waals surface area contributed by atoms with Crippen LogP contribution in [0, 0.1) is 17.8 Å². The predicted molar refractivity (Wildman–Crippen MR) is 132 cm³/mol. The zero-order valence-electron chi connectivity index (χ0n) is 20.1. The van der Waals surface area contributed by atoms with Gasteiger partial charge in [0.15, 0.2) is 0 Å². The highest BCUT2D eigenvalue weighted by atomic mass is 16.4. The van der Waals surface area contributed by atoms with E-state index in [0.717, 1.165) is 36.8 Å². The molecule has 2 aromatic carbocycles. The molecule has 0 spiro atoms. The maximum Gasteiger partial charge on any atom is 0.326 e. The molecule has 6 heteroatoms. The van der Waals surface area contributed by atoms with Gasteiger partial charge in [0.05, 0.1) is 0 Å². The summed E-state index contributed by atoms with van der Waals surface area (Å²) in [5, 5.41) is 15.3. The number of carbonyl (C=O) groups is 3. The SMILES string of the molecule is CC(C)C1CCC(C(=O)N[C@H](Cc2ccccc2)C(=O)N[C@H](Cc2ccccc2)C(=O)O)CC1.